The Hall–Kier alpha value is -0.640. The van der Waals surface area contributed by atoms with Gasteiger partial charge in [-0.2, -0.15) is 0 Å². The third kappa shape index (κ3) is 2.27. The molecule has 0 bridgehead atoms. The van der Waals surface area contributed by atoms with E-state index in [1.54, 1.807) is 0 Å². The summed E-state index contributed by atoms with van der Waals surface area (Å²) in [5.41, 5.74) is 2.88. The molecule has 2 aromatic rings. The van der Waals surface area contributed by atoms with E-state index in [4.69, 9.17) is 0 Å². The smallest absolute Gasteiger partial charge is 0.0460 e. The second-order valence-corrected chi connectivity index (χ2v) is 7.77. The van der Waals surface area contributed by atoms with Crippen LogP contribution in [0.4, 0.5) is 0 Å². The fourth-order valence-corrected chi connectivity index (χ4v) is 4.99. The van der Waals surface area contributed by atoms with Crippen LogP contribution >= 0.6 is 38.6 Å². The van der Waals surface area contributed by atoms with Crippen LogP contribution in [0.1, 0.15) is 23.1 Å². The number of hydrogen-bond donors (Lipinski definition) is 0. The Kier molecular flexibility index (Phi) is 3.31. The molecular weight excluding hydrogens is 324 g/mol. The first kappa shape index (κ1) is 12.4. The van der Waals surface area contributed by atoms with Gasteiger partial charge in [0.2, 0.25) is 0 Å². The molecule has 0 aromatic carbocycles. The van der Waals surface area contributed by atoms with E-state index in [9.17, 15) is 0 Å². The van der Waals surface area contributed by atoms with Gasteiger partial charge < -0.3 is 0 Å². The summed E-state index contributed by atoms with van der Waals surface area (Å²) in [5, 5.41) is 0. The van der Waals surface area contributed by atoms with E-state index < -0.39 is 0 Å². The van der Waals surface area contributed by atoms with Crippen LogP contribution in [0.5, 0.6) is 0 Å². The predicted octanol–water partition coefficient (Wildman–Crippen LogP) is 6.28. The second-order valence-electron chi connectivity index (χ2n) is 4.58. The van der Waals surface area contributed by atoms with E-state index >= 15 is 0 Å². The highest BCUT2D eigenvalue weighted by molar-refractivity contribution is 9.10. The zero-order valence-electron chi connectivity index (χ0n) is 10.3. The van der Waals surface area contributed by atoms with Gasteiger partial charge in [0.25, 0.3) is 0 Å². The minimum absolute atomic E-state index is 1.09. The molecule has 0 nitrogen and oxygen atoms in total. The van der Waals surface area contributed by atoms with Crippen molar-refractivity contribution in [3.05, 3.63) is 50.2 Å². The summed E-state index contributed by atoms with van der Waals surface area (Å²) in [6.45, 7) is 4.35. The van der Waals surface area contributed by atoms with Gasteiger partial charge >= 0.3 is 0 Å². The predicted molar refractivity (Wildman–Crippen MR) is 86.4 cm³/mol. The molecule has 0 fully saturated rings. The highest BCUT2D eigenvalue weighted by atomic mass is 79.9. The molecule has 0 saturated heterocycles. The van der Waals surface area contributed by atoms with Crippen molar-refractivity contribution in [1.82, 2.24) is 0 Å². The van der Waals surface area contributed by atoms with Gasteiger partial charge in [-0.1, -0.05) is 17.7 Å². The third-order valence-electron chi connectivity index (χ3n) is 3.00. The topological polar surface area (TPSA) is 0 Å². The van der Waals surface area contributed by atoms with Gasteiger partial charge in [-0.05, 0) is 60.0 Å². The molecule has 0 aliphatic heterocycles. The molecule has 0 atom stereocenters. The van der Waals surface area contributed by atoms with Crippen LogP contribution in [0.3, 0.4) is 0 Å². The van der Waals surface area contributed by atoms with Gasteiger partial charge in [0, 0.05) is 24.0 Å². The normalized spacial score (nSPS) is 14.8. The molecule has 0 spiro atoms. The summed E-state index contributed by atoms with van der Waals surface area (Å²) in [7, 11) is 0. The average Bonchev–Trinajstić information content (AvgIpc) is 2.99. The molecule has 18 heavy (non-hydrogen) atoms. The van der Waals surface area contributed by atoms with E-state index in [1.165, 1.54) is 35.1 Å². The SMILES string of the molecule is CC1=CC=C(c2sc(-c3ccc(C)s3)cc2Br)C1. The van der Waals surface area contributed by atoms with Crippen molar-refractivity contribution in [3.63, 3.8) is 0 Å². The number of halogens is 1. The van der Waals surface area contributed by atoms with Crippen LogP contribution < -0.4 is 0 Å². The van der Waals surface area contributed by atoms with Crippen molar-refractivity contribution in [2.75, 3.05) is 0 Å². The average molecular weight is 337 g/mol. The molecule has 0 N–H and O–H groups in total. The lowest BCUT2D eigenvalue weighted by atomic mass is 10.1. The number of aryl methyl sites for hydroxylation is 1. The summed E-state index contributed by atoms with van der Waals surface area (Å²) in [4.78, 5) is 5.48. The second kappa shape index (κ2) is 4.80. The van der Waals surface area contributed by atoms with Crippen LogP contribution in [0.15, 0.2) is 40.4 Å². The maximum atomic E-state index is 3.70. The molecule has 2 aromatic heterocycles. The standard InChI is InChI=1S/C15H13BrS2/c1-9-3-5-11(7-9)15-12(16)8-14(18-15)13-6-4-10(2)17-13/h3-6,8H,7H2,1-2H3. The van der Waals surface area contributed by atoms with E-state index in [1.807, 2.05) is 22.7 Å². The van der Waals surface area contributed by atoms with Gasteiger partial charge in [-0.3, -0.25) is 0 Å². The van der Waals surface area contributed by atoms with Gasteiger partial charge in [0.1, 0.15) is 0 Å². The fraction of sp³-hybridized carbons (Fsp3) is 0.200. The Bertz CT molecular complexity index is 656. The quantitative estimate of drug-likeness (QED) is 0.605. The first-order valence-electron chi connectivity index (χ1n) is 5.86. The molecule has 3 heteroatoms. The summed E-state index contributed by atoms with van der Waals surface area (Å²) in [5.74, 6) is 0. The zero-order valence-corrected chi connectivity index (χ0v) is 13.5. The molecular formula is C15H13BrS2. The van der Waals surface area contributed by atoms with Crippen LogP contribution in [-0.2, 0) is 0 Å². The first-order valence-corrected chi connectivity index (χ1v) is 8.29. The minimum atomic E-state index is 1.09. The molecule has 0 saturated carbocycles. The number of hydrogen-bond acceptors (Lipinski definition) is 2. The minimum Gasteiger partial charge on any atom is -0.140 e. The molecule has 0 unspecified atom stereocenters. The summed E-state index contributed by atoms with van der Waals surface area (Å²) in [6, 6.07) is 6.65. The summed E-state index contributed by atoms with van der Waals surface area (Å²) in [6.07, 6.45) is 5.55. The Morgan fingerprint density at radius 3 is 2.50 bits per heavy atom. The van der Waals surface area contributed by atoms with Crippen molar-refractivity contribution in [2.45, 2.75) is 20.3 Å². The highest BCUT2D eigenvalue weighted by Crippen LogP contribution is 2.43. The van der Waals surface area contributed by atoms with Crippen LogP contribution in [0.25, 0.3) is 15.3 Å². The van der Waals surface area contributed by atoms with Crippen molar-refractivity contribution >= 4 is 44.2 Å². The Morgan fingerprint density at radius 2 is 1.89 bits per heavy atom. The molecule has 0 amide bonds. The van der Waals surface area contributed by atoms with Crippen molar-refractivity contribution in [2.24, 2.45) is 0 Å². The number of rotatable bonds is 2. The van der Waals surface area contributed by atoms with Crippen LogP contribution in [0.2, 0.25) is 0 Å². The van der Waals surface area contributed by atoms with Crippen molar-refractivity contribution < 1.29 is 0 Å². The lowest BCUT2D eigenvalue weighted by Crippen LogP contribution is -1.76. The largest absolute Gasteiger partial charge is 0.140 e. The molecule has 92 valence electrons. The third-order valence-corrected chi connectivity index (χ3v) is 6.29. The molecule has 0 radical (unpaired) electrons. The Balaban J connectivity index is 1.97. The molecule has 1 aliphatic rings. The lowest BCUT2D eigenvalue weighted by Gasteiger charge is -1.99. The number of allylic oxidation sites excluding steroid dienone is 4. The fourth-order valence-electron chi connectivity index (χ4n) is 2.09. The van der Waals surface area contributed by atoms with Crippen LogP contribution in [0, 0.1) is 6.92 Å². The zero-order chi connectivity index (χ0) is 12.7. The maximum Gasteiger partial charge on any atom is 0.0460 e. The van der Waals surface area contributed by atoms with E-state index in [-0.39, 0.29) is 0 Å². The lowest BCUT2D eigenvalue weighted by molar-refractivity contribution is 1.27. The van der Waals surface area contributed by atoms with Gasteiger partial charge in [0.15, 0.2) is 0 Å². The Labute approximate surface area is 124 Å². The molecule has 3 rings (SSSR count). The van der Waals surface area contributed by atoms with Gasteiger partial charge in [-0.25, -0.2) is 0 Å². The van der Waals surface area contributed by atoms with Gasteiger partial charge in [-0.15, -0.1) is 22.7 Å². The van der Waals surface area contributed by atoms with Crippen LogP contribution in [-0.4, -0.2) is 0 Å². The van der Waals surface area contributed by atoms with Crippen molar-refractivity contribution in [3.8, 4) is 9.75 Å². The van der Waals surface area contributed by atoms with E-state index in [0.717, 1.165) is 6.42 Å². The molecule has 1 aliphatic carbocycles. The summed E-state index contributed by atoms with van der Waals surface area (Å²) < 4.78 is 1.22. The monoisotopic (exact) mass is 336 g/mol. The number of thiophene rings is 2. The van der Waals surface area contributed by atoms with Crippen molar-refractivity contribution in [1.29, 1.82) is 0 Å². The molecule has 2 heterocycles. The van der Waals surface area contributed by atoms with E-state index in [0.29, 0.717) is 0 Å². The maximum absolute atomic E-state index is 3.70. The summed E-state index contributed by atoms with van der Waals surface area (Å²) >= 11 is 7.45. The highest BCUT2D eigenvalue weighted by Gasteiger charge is 2.15. The van der Waals surface area contributed by atoms with E-state index in [2.05, 4.69) is 60.1 Å². The first-order chi connectivity index (χ1) is 8.63. The van der Waals surface area contributed by atoms with Gasteiger partial charge in [0.05, 0.1) is 0 Å². The Morgan fingerprint density at radius 1 is 1.06 bits per heavy atom.